The van der Waals surface area contributed by atoms with E-state index in [9.17, 15) is 4.79 Å². The monoisotopic (exact) mass is 258 g/mol. The molecule has 0 amide bonds. The van der Waals surface area contributed by atoms with Crippen molar-refractivity contribution in [3.05, 3.63) is 24.3 Å². The number of carbonyl (C=O) groups excluding carboxylic acids is 1. The first-order valence-electron chi connectivity index (χ1n) is 6.31. The average Bonchev–Trinajstić information content (AvgIpc) is 3.12. The second kappa shape index (κ2) is 9.03. The van der Waals surface area contributed by atoms with Crippen LogP contribution in [0.2, 0.25) is 0 Å². The summed E-state index contributed by atoms with van der Waals surface area (Å²) in [6, 6.07) is 0. The van der Waals surface area contributed by atoms with Crippen molar-refractivity contribution in [3.8, 4) is 23.7 Å². The Morgan fingerprint density at radius 1 is 1.32 bits per heavy atom. The highest BCUT2D eigenvalue weighted by Gasteiger charge is 2.35. The summed E-state index contributed by atoms with van der Waals surface area (Å²) in [4.78, 5) is 10.5. The van der Waals surface area contributed by atoms with Crippen LogP contribution in [0, 0.1) is 23.7 Å². The lowest BCUT2D eigenvalue weighted by atomic mass is 10.2. The van der Waals surface area contributed by atoms with Gasteiger partial charge in [0.1, 0.15) is 6.10 Å². The Morgan fingerprint density at radius 3 is 2.74 bits per heavy atom. The van der Waals surface area contributed by atoms with Crippen LogP contribution in [-0.4, -0.2) is 24.8 Å². The van der Waals surface area contributed by atoms with Gasteiger partial charge in [-0.2, -0.15) is 0 Å². The number of esters is 1. The molecule has 0 aromatic carbocycles. The molecular formula is C16H18O3. The van der Waals surface area contributed by atoms with E-state index in [1.807, 2.05) is 19.1 Å². The second-order valence-corrected chi connectivity index (χ2v) is 4.02. The van der Waals surface area contributed by atoms with Crippen LogP contribution in [0.15, 0.2) is 24.3 Å². The highest BCUT2D eigenvalue weighted by Crippen LogP contribution is 2.27. The van der Waals surface area contributed by atoms with Gasteiger partial charge in [0.15, 0.2) is 0 Å². The fourth-order valence-electron chi connectivity index (χ4n) is 1.44. The lowest BCUT2D eigenvalue weighted by Crippen LogP contribution is -2.02. The van der Waals surface area contributed by atoms with Gasteiger partial charge in [0.05, 0.1) is 12.7 Å². The lowest BCUT2D eigenvalue weighted by molar-refractivity contribution is -0.141. The molecule has 1 fully saturated rings. The molecule has 0 aliphatic carbocycles. The van der Waals surface area contributed by atoms with E-state index in [4.69, 9.17) is 9.47 Å². The Bertz CT molecular complexity index is 466. The molecule has 2 atom stereocenters. The summed E-state index contributed by atoms with van der Waals surface area (Å²) in [5, 5.41) is 0. The quantitative estimate of drug-likeness (QED) is 0.328. The third kappa shape index (κ3) is 7.86. The largest absolute Gasteiger partial charge is 0.466 e. The van der Waals surface area contributed by atoms with Crippen LogP contribution < -0.4 is 0 Å². The number of rotatable bonds is 5. The zero-order valence-corrected chi connectivity index (χ0v) is 11.3. The molecule has 0 N–H and O–H groups in total. The van der Waals surface area contributed by atoms with Crippen LogP contribution in [0.3, 0.4) is 0 Å². The third-order valence-electron chi connectivity index (χ3n) is 2.39. The van der Waals surface area contributed by atoms with Crippen molar-refractivity contribution in [2.24, 2.45) is 0 Å². The van der Waals surface area contributed by atoms with Crippen molar-refractivity contribution in [1.29, 1.82) is 0 Å². The Balaban J connectivity index is 2.10. The first-order chi connectivity index (χ1) is 9.24. The van der Waals surface area contributed by atoms with Gasteiger partial charge in [-0.3, -0.25) is 4.79 Å². The van der Waals surface area contributed by atoms with E-state index in [2.05, 4.69) is 23.7 Å². The predicted molar refractivity (Wildman–Crippen MR) is 74.0 cm³/mol. The summed E-state index contributed by atoms with van der Waals surface area (Å²) in [6.07, 6.45) is 9.43. The molecule has 1 heterocycles. The normalized spacial score (nSPS) is 20.5. The summed E-state index contributed by atoms with van der Waals surface area (Å²) in [7, 11) is 0. The van der Waals surface area contributed by atoms with Crippen LogP contribution in [0.1, 0.15) is 26.7 Å². The molecule has 2 unspecified atom stereocenters. The molecule has 100 valence electrons. The average molecular weight is 258 g/mol. The molecule has 0 aromatic rings. The predicted octanol–water partition coefficient (Wildman–Crippen LogP) is 2.24. The van der Waals surface area contributed by atoms with E-state index >= 15 is 0 Å². The van der Waals surface area contributed by atoms with Crippen LogP contribution in [0.5, 0.6) is 0 Å². The van der Waals surface area contributed by atoms with E-state index < -0.39 is 0 Å². The highest BCUT2D eigenvalue weighted by atomic mass is 16.6. The number of carbonyl (C=O) groups is 1. The first kappa shape index (κ1) is 15.1. The van der Waals surface area contributed by atoms with Gasteiger partial charge in [0.2, 0.25) is 0 Å². The molecule has 1 aliphatic rings. The molecule has 3 nitrogen and oxygen atoms in total. The molecule has 0 saturated carbocycles. The molecule has 0 bridgehead atoms. The second-order valence-electron chi connectivity index (χ2n) is 4.02. The summed E-state index contributed by atoms with van der Waals surface area (Å²) < 4.78 is 10.3. The smallest absolute Gasteiger partial charge is 0.302 e. The van der Waals surface area contributed by atoms with Gasteiger partial charge in [-0.25, -0.2) is 0 Å². The maximum Gasteiger partial charge on any atom is 0.302 e. The summed E-state index contributed by atoms with van der Waals surface area (Å²) in [6.45, 7) is 3.79. The molecule has 0 spiro atoms. The van der Waals surface area contributed by atoms with Crippen molar-refractivity contribution < 1.29 is 14.3 Å². The Labute approximate surface area is 114 Å². The van der Waals surface area contributed by atoms with Gasteiger partial charge in [-0.15, -0.1) is 0 Å². The fraction of sp³-hybridized carbons (Fsp3) is 0.438. The zero-order chi connectivity index (χ0) is 13.9. The zero-order valence-electron chi connectivity index (χ0n) is 11.3. The maximum absolute atomic E-state index is 10.5. The lowest BCUT2D eigenvalue weighted by Gasteiger charge is -1.98. The Kier molecular flexibility index (Phi) is 7.17. The number of ether oxygens (including phenoxy) is 2. The topological polar surface area (TPSA) is 38.8 Å². The molecular weight excluding hydrogens is 240 g/mol. The van der Waals surface area contributed by atoms with Gasteiger partial charge >= 0.3 is 5.97 Å². The van der Waals surface area contributed by atoms with Crippen molar-refractivity contribution >= 4 is 5.97 Å². The van der Waals surface area contributed by atoms with Crippen molar-refractivity contribution in [2.75, 3.05) is 6.61 Å². The van der Waals surface area contributed by atoms with Crippen LogP contribution in [-0.2, 0) is 14.3 Å². The third-order valence-corrected chi connectivity index (χ3v) is 2.39. The van der Waals surface area contributed by atoms with Gasteiger partial charge in [-0.1, -0.05) is 17.9 Å². The van der Waals surface area contributed by atoms with E-state index in [1.165, 1.54) is 6.92 Å². The Morgan fingerprint density at radius 2 is 2.05 bits per heavy atom. The standard InChI is InChI=1S/C16H18O3/c1-3-4-5-6-7-8-9-11-15-16(19-15)12-10-13-18-14(2)17/h3-4,9,11,15-16H,10,12-13H2,1-2H3. The number of epoxide rings is 1. The molecule has 19 heavy (non-hydrogen) atoms. The SMILES string of the molecule is CC=CC#CC#CC=CC1OC1CCCOC(C)=O. The number of hydrogen-bond donors (Lipinski definition) is 0. The highest BCUT2D eigenvalue weighted by molar-refractivity contribution is 5.65. The molecule has 1 rings (SSSR count). The van der Waals surface area contributed by atoms with E-state index in [0.29, 0.717) is 6.61 Å². The van der Waals surface area contributed by atoms with Crippen LogP contribution in [0.25, 0.3) is 0 Å². The summed E-state index contributed by atoms with van der Waals surface area (Å²) in [5.74, 6) is 10.8. The maximum atomic E-state index is 10.5. The minimum atomic E-state index is -0.234. The van der Waals surface area contributed by atoms with Crippen molar-refractivity contribution in [1.82, 2.24) is 0 Å². The fourth-order valence-corrected chi connectivity index (χ4v) is 1.44. The molecule has 0 aromatic heterocycles. The minimum Gasteiger partial charge on any atom is -0.466 e. The summed E-state index contributed by atoms with van der Waals surface area (Å²) in [5.41, 5.74) is 0. The molecule has 3 heteroatoms. The van der Waals surface area contributed by atoms with Crippen molar-refractivity contribution in [2.45, 2.75) is 38.9 Å². The molecule has 1 aliphatic heterocycles. The van der Waals surface area contributed by atoms with Gasteiger partial charge in [-0.05, 0) is 49.8 Å². The minimum absolute atomic E-state index is 0.148. The van der Waals surface area contributed by atoms with Gasteiger partial charge in [0.25, 0.3) is 0 Å². The number of allylic oxidation sites excluding steroid dienone is 3. The van der Waals surface area contributed by atoms with E-state index in [1.54, 1.807) is 12.2 Å². The first-order valence-corrected chi connectivity index (χ1v) is 6.31. The van der Waals surface area contributed by atoms with Crippen molar-refractivity contribution in [3.63, 3.8) is 0 Å². The molecule has 1 saturated heterocycles. The van der Waals surface area contributed by atoms with E-state index in [-0.39, 0.29) is 18.2 Å². The number of hydrogen-bond acceptors (Lipinski definition) is 3. The van der Waals surface area contributed by atoms with Crippen LogP contribution >= 0.6 is 0 Å². The summed E-state index contributed by atoms with van der Waals surface area (Å²) >= 11 is 0. The Hall–Kier alpha value is -1.97. The molecule has 0 radical (unpaired) electrons. The van der Waals surface area contributed by atoms with E-state index in [0.717, 1.165) is 12.8 Å². The van der Waals surface area contributed by atoms with Crippen LogP contribution in [0.4, 0.5) is 0 Å². The van der Waals surface area contributed by atoms with Gasteiger partial charge < -0.3 is 9.47 Å². The van der Waals surface area contributed by atoms with Gasteiger partial charge in [0, 0.05) is 6.92 Å².